The Kier molecular flexibility index (Phi) is 5.43. The number of fused-ring (bicyclic) bond motifs is 2. The number of carbonyl (C=O) groups is 1. The molecule has 36 heavy (non-hydrogen) atoms. The van der Waals surface area contributed by atoms with Gasteiger partial charge in [-0.05, 0) is 36.2 Å². The highest BCUT2D eigenvalue weighted by molar-refractivity contribution is 7.21. The third-order valence-corrected chi connectivity index (χ3v) is 7.25. The number of benzene rings is 3. The lowest BCUT2D eigenvalue weighted by Crippen LogP contribution is -2.12. The molecule has 0 unspecified atom stereocenters. The molecule has 1 amide bonds. The molecule has 3 aromatic carbocycles. The van der Waals surface area contributed by atoms with E-state index in [2.05, 4.69) is 16.4 Å². The molecule has 6 rings (SSSR count). The van der Waals surface area contributed by atoms with Gasteiger partial charge in [-0.25, -0.2) is 4.98 Å². The van der Waals surface area contributed by atoms with E-state index >= 15 is 0 Å². The molecule has 3 aromatic heterocycles. The monoisotopic (exact) mass is 486 g/mol. The zero-order valence-corrected chi connectivity index (χ0v) is 20.3. The van der Waals surface area contributed by atoms with Crippen LogP contribution in [-0.2, 0) is 0 Å². The summed E-state index contributed by atoms with van der Waals surface area (Å²) in [6.45, 7) is 1.91. The first-order valence-corrected chi connectivity index (χ1v) is 12.4. The molecule has 0 spiro atoms. The van der Waals surface area contributed by atoms with Crippen molar-refractivity contribution in [2.45, 2.75) is 6.92 Å². The van der Waals surface area contributed by atoms with Gasteiger partial charge in [0.2, 0.25) is 0 Å². The molecule has 174 valence electrons. The fourth-order valence-electron chi connectivity index (χ4n) is 4.48. The highest BCUT2D eigenvalue weighted by atomic mass is 32.1. The molecule has 0 aliphatic carbocycles. The molecule has 0 bridgehead atoms. The molecule has 5 nitrogen and oxygen atoms in total. The van der Waals surface area contributed by atoms with Gasteiger partial charge in [-0.3, -0.25) is 9.78 Å². The summed E-state index contributed by atoms with van der Waals surface area (Å²) in [6, 6.07) is 31.8. The molecule has 0 atom stereocenters. The average molecular weight is 487 g/mol. The second-order valence-electron chi connectivity index (χ2n) is 8.59. The van der Waals surface area contributed by atoms with Crippen molar-refractivity contribution in [2.75, 3.05) is 11.1 Å². The van der Waals surface area contributed by atoms with Gasteiger partial charge in [0.05, 0.1) is 22.6 Å². The number of rotatable bonds is 4. The van der Waals surface area contributed by atoms with E-state index in [1.54, 1.807) is 0 Å². The fraction of sp³-hybridized carbons (Fsp3) is 0.0333. The Labute approximate surface area is 212 Å². The van der Waals surface area contributed by atoms with Gasteiger partial charge in [-0.1, -0.05) is 78.9 Å². The lowest BCUT2D eigenvalue weighted by atomic mass is 9.99. The molecule has 0 aliphatic rings. The van der Waals surface area contributed by atoms with E-state index in [0.29, 0.717) is 16.3 Å². The van der Waals surface area contributed by atoms with Gasteiger partial charge in [0.25, 0.3) is 5.91 Å². The van der Waals surface area contributed by atoms with Crippen LogP contribution in [-0.4, -0.2) is 15.9 Å². The topological polar surface area (TPSA) is 80.9 Å². The Bertz CT molecular complexity index is 1740. The maximum Gasteiger partial charge on any atom is 0.267 e. The maximum absolute atomic E-state index is 13.5. The molecule has 0 saturated carbocycles. The average Bonchev–Trinajstić information content (AvgIpc) is 3.25. The summed E-state index contributed by atoms with van der Waals surface area (Å²) in [5, 5.41) is 4.75. The van der Waals surface area contributed by atoms with Crippen LogP contribution in [0.5, 0.6) is 0 Å². The van der Waals surface area contributed by atoms with Crippen molar-refractivity contribution >= 4 is 49.7 Å². The molecule has 0 saturated heterocycles. The normalized spacial score (nSPS) is 11.1. The minimum atomic E-state index is -0.258. The number of hydrogen-bond donors (Lipinski definition) is 2. The van der Waals surface area contributed by atoms with Crippen LogP contribution in [0.4, 0.5) is 11.4 Å². The van der Waals surface area contributed by atoms with Crippen molar-refractivity contribution in [3.05, 3.63) is 108 Å². The van der Waals surface area contributed by atoms with Gasteiger partial charge in [-0.2, -0.15) is 0 Å². The number of thiophene rings is 1. The van der Waals surface area contributed by atoms with Crippen molar-refractivity contribution in [3.63, 3.8) is 0 Å². The summed E-state index contributed by atoms with van der Waals surface area (Å²) < 4.78 is 0. The Morgan fingerprint density at radius 3 is 2.25 bits per heavy atom. The summed E-state index contributed by atoms with van der Waals surface area (Å²) in [6.07, 6.45) is 0. The SMILES string of the molecule is Cc1cc(NC(=O)c2sc3nc(-c4ccccc4)cc(-c4ccccc4)c3c2N)c2ccccc2n1. The lowest BCUT2D eigenvalue weighted by Gasteiger charge is -2.10. The van der Waals surface area contributed by atoms with Gasteiger partial charge >= 0.3 is 0 Å². The Morgan fingerprint density at radius 2 is 1.50 bits per heavy atom. The van der Waals surface area contributed by atoms with Crippen LogP contribution in [0.15, 0.2) is 97.1 Å². The summed E-state index contributed by atoms with van der Waals surface area (Å²) >= 11 is 1.31. The number of nitrogens with zero attached hydrogens (tertiary/aromatic N) is 2. The number of para-hydroxylation sites is 1. The minimum absolute atomic E-state index is 0.258. The number of pyridine rings is 2. The van der Waals surface area contributed by atoms with Gasteiger partial charge in [0.1, 0.15) is 9.71 Å². The van der Waals surface area contributed by atoms with Crippen molar-refractivity contribution < 1.29 is 4.79 Å². The molecular weight excluding hydrogens is 464 g/mol. The van der Waals surface area contributed by atoms with E-state index < -0.39 is 0 Å². The number of hydrogen-bond acceptors (Lipinski definition) is 5. The predicted molar refractivity (Wildman–Crippen MR) is 149 cm³/mol. The van der Waals surface area contributed by atoms with Crippen LogP contribution >= 0.6 is 11.3 Å². The van der Waals surface area contributed by atoms with Crippen LogP contribution in [0.1, 0.15) is 15.4 Å². The number of nitrogen functional groups attached to an aromatic ring is 1. The van der Waals surface area contributed by atoms with Crippen LogP contribution in [0, 0.1) is 6.92 Å². The number of anilines is 2. The van der Waals surface area contributed by atoms with E-state index in [-0.39, 0.29) is 5.91 Å². The number of nitrogens with two attached hydrogens (primary N) is 1. The first-order valence-electron chi connectivity index (χ1n) is 11.6. The second-order valence-corrected chi connectivity index (χ2v) is 9.59. The summed E-state index contributed by atoms with van der Waals surface area (Å²) in [7, 11) is 0. The van der Waals surface area contributed by atoms with Crippen LogP contribution in [0.2, 0.25) is 0 Å². The van der Waals surface area contributed by atoms with E-state index in [1.165, 1.54) is 11.3 Å². The lowest BCUT2D eigenvalue weighted by molar-refractivity contribution is 0.103. The highest BCUT2D eigenvalue weighted by Crippen LogP contribution is 2.41. The number of amides is 1. The van der Waals surface area contributed by atoms with Gasteiger partial charge in [0, 0.05) is 22.0 Å². The zero-order chi connectivity index (χ0) is 24.6. The predicted octanol–water partition coefficient (Wildman–Crippen LogP) is 7.32. The molecule has 0 fully saturated rings. The van der Waals surface area contributed by atoms with E-state index in [1.807, 2.05) is 97.9 Å². The summed E-state index contributed by atoms with van der Waals surface area (Å²) in [5.41, 5.74) is 13.3. The first-order chi connectivity index (χ1) is 17.6. The maximum atomic E-state index is 13.5. The first kappa shape index (κ1) is 21.9. The summed E-state index contributed by atoms with van der Waals surface area (Å²) in [4.78, 5) is 24.2. The fourth-order valence-corrected chi connectivity index (χ4v) is 5.50. The quantitative estimate of drug-likeness (QED) is 0.273. The molecule has 0 radical (unpaired) electrons. The molecule has 0 aliphatic heterocycles. The van der Waals surface area contributed by atoms with Gasteiger partial charge in [0.15, 0.2) is 0 Å². The van der Waals surface area contributed by atoms with Crippen LogP contribution in [0.3, 0.4) is 0 Å². The third-order valence-electron chi connectivity index (χ3n) is 6.15. The minimum Gasteiger partial charge on any atom is -0.397 e. The zero-order valence-electron chi connectivity index (χ0n) is 19.5. The molecular formula is C30H22N4OS. The molecule has 6 aromatic rings. The Hall–Kier alpha value is -4.55. The number of aromatic nitrogens is 2. The highest BCUT2D eigenvalue weighted by Gasteiger charge is 2.22. The number of aryl methyl sites for hydroxylation is 1. The molecule has 6 heteroatoms. The van der Waals surface area contributed by atoms with E-state index in [4.69, 9.17) is 10.7 Å². The standard InChI is InChI=1S/C30H22N4OS/c1-18-16-25(21-14-8-9-15-23(21)32-18)33-29(35)28-27(31)26-22(19-10-4-2-5-11-19)17-24(34-30(26)36-28)20-12-6-3-7-13-20/h2-17H,31H2,1H3,(H,32,33,35). The van der Waals surface area contributed by atoms with Crippen molar-refractivity contribution in [3.8, 4) is 22.4 Å². The van der Waals surface area contributed by atoms with Crippen LogP contribution in [0.25, 0.3) is 43.5 Å². The van der Waals surface area contributed by atoms with E-state index in [0.717, 1.165) is 49.2 Å². The van der Waals surface area contributed by atoms with Crippen molar-refractivity contribution in [1.82, 2.24) is 9.97 Å². The molecule has 3 heterocycles. The number of nitrogens with one attached hydrogen (secondary N) is 1. The third kappa shape index (κ3) is 3.87. The van der Waals surface area contributed by atoms with Gasteiger partial charge < -0.3 is 11.1 Å². The van der Waals surface area contributed by atoms with E-state index in [9.17, 15) is 4.79 Å². The van der Waals surface area contributed by atoms with Crippen molar-refractivity contribution in [2.24, 2.45) is 0 Å². The van der Waals surface area contributed by atoms with Crippen LogP contribution < -0.4 is 11.1 Å². The molecule has 3 N–H and O–H groups in total. The Balaban J connectivity index is 1.50. The second kappa shape index (κ2) is 8.91. The number of carbonyl (C=O) groups excluding carboxylic acids is 1. The van der Waals surface area contributed by atoms with Gasteiger partial charge in [-0.15, -0.1) is 11.3 Å². The summed E-state index contributed by atoms with van der Waals surface area (Å²) in [5.74, 6) is -0.258. The Morgan fingerprint density at radius 1 is 0.833 bits per heavy atom. The smallest absolute Gasteiger partial charge is 0.267 e. The largest absolute Gasteiger partial charge is 0.397 e. The van der Waals surface area contributed by atoms with Crippen molar-refractivity contribution in [1.29, 1.82) is 0 Å².